The molecule has 3 amide bonds. The Labute approximate surface area is 333 Å². The quantitative estimate of drug-likeness (QED) is 0.253. The van der Waals surface area contributed by atoms with E-state index in [1.165, 1.54) is 4.90 Å². The van der Waals surface area contributed by atoms with E-state index in [9.17, 15) is 19.5 Å². The topological polar surface area (TPSA) is 145 Å². The number of benzene rings is 1. The molecule has 3 aromatic rings. The van der Waals surface area contributed by atoms with E-state index in [-0.39, 0.29) is 62.2 Å². The van der Waals surface area contributed by atoms with Crippen LogP contribution < -0.4 is 10.2 Å². The lowest BCUT2D eigenvalue weighted by Gasteiger charge is -2.44. The molecule has 0 radical (unpaired) electrons. The fourth-order valence-electron chi connectivity index (χ4n) is 8.17. The molecule has 5 atom stereocenters. The van der Waals surface area contributed by atoms with Gasteiger partial charge in [0.15, 0.2) is 11.6 Å². The number of aromatic nitrogens is 2. The predicted molar refractivity (Wildman–Crippen MR) is 213 cm³/mol. The summed E-state index contributed by atoms with van der Waals surface area (Å²) in [6.07, 6.45) is -0.567. The Bertz CT molecular complexity index is 1840. The van der Waals surface area contributed by atoms with Gasteiger partial charge in [0.1, 0.15) is 23.2 Å². The lowest BCUT2D eigenvalue weighted by atomic mass is 9.91. The fourth-order valence-corrected chi connectivity index (χ4v) is 8.98. The molecule has 6 rings (SSSR count). The third-order valence-electron chi connectivity index (χ3n) is 11.2. The number of halogens is 1. The van der Waals surface area contributed by atoms with Crippen molar-refractivity contribution >= 4 is 35.1 Å². The molecule has 0 spiro atoms. The van der Waals surface area contributed by atoms with Crippen LogP contribution in [0.2, 0.25) is 0 Å². The summed E-state index contributed by atoms with van der Waals surface area (Å²) in [5.74, 6) is -0.500. The molecule has 0 aliphatic carbocycles. The number of alkyl halides is 1. The van der Waals surface area contributed by atoms with Crippen molar-refractivity contribution in [1.82, 2.24) is 30.2 Å². The van der Waals surface area contributed by atoms with Gasteiger partial charge in [-0.05, 0) is 58.6 Å². The van der Waals surface area contributed by atoms with Crippen molar-refractivity contribution in [2.75, 3.05) is 50.7 Å². The van der Waals surface area contributed by atoms with Crippen LogP contribution in [0.5, 0.6) is 0 Å². The molecule has 0 unspecified atom stereocenters. The molecule has 56 heavy (non-hydrogen) atoms. The van der Waals surface area contributed by atoms with E-state index in [1.54, 1.807) is 22.3 Å². The van der Waals surface area contributed by atoms with Gasteiger partial charge in [-0.3, -0.25) is 14.5 Å². The highest BCUT2D eigenvalue weighted by atomic mass is 32.1. The van der Waals surface area contributed by atoms with E-state index >= 15 is 4.39 Å². The van der Waals surface area contributed by atoms with Gasteiger partial charge in [-0.25, -0.2) is 14.2 Å². The maximum atomic E-state index is 16.0. The summed E-state index contributed by atoms with van der Waals surface area (Å²) in [5.41, 5.74) is 2.80. The first-order valence-electron chi connectivity index (χ1n) is 19.8. The van der Waals surface area contributed by atoms with Crippen LogP contribution in [0.4, 0.5) is 15.0 Å². The van der Waals surface area contributed by atoms with Crippen LogP contribution in [-0.4, -0.2) is 123 Å². The molecular weight excluding hydrogens is 738 g/mol. The van der Waals surface area contributed by atoms with E-state index < -0.39 is 35.4 Å². The number of nitrogens with one attached hydrogen (secondary N) is 1. The number of likely N-dealkylation sites (tertiary alicyclic amines) is 2. The average molecular weight is 796 g/mol. The summed E-state index contributed by atoms with van der Waals surface area (Å²) in [4.78, 5) is 53.2. The number of ether oxygens (including phenoxy) is 1. The molecule has 0 saturated carbocycles. The number of β-amino-alcohol motifs (C(OH)–C–C–N with tert-alkyl or cyclic N) is 1. The zero-order chi connectivity index (χ0) is 40.5. The van der Waals surface area contributed by atoms with E-state index in [2.05, 4.69) is 32.2 Å². The molecule has 1 aromatic carbocycles. The number of aliphatic hydroxyl groups is 1. The summed E-state index contributed by atoms with van der Waals surface area (Å²) in [6.45, 7) is 18.1. The van der Waals surface area contributed by atoms with Gasteiger partial charge in [0, 0.05) is 77.2 Å². The summed E-state index contributed by atoms with van der Waals surface area (Å²) in [5, 5.41) is 18.2. The van der Waals surface area contributed by atoms with E-state index in [0.717, 1.165) is 21.7 Å². The molecule has 306 valence electrons. The predicted octanol–water partition coefficient (Wildman–Crippen LogP) is 5.94. The molecule has 5 heterocycles. The first kappa shape index (κ1) is 41.6. The number of rotatable bonds is 10. The van der Waals surface area contributed by atoms with Gasteiger partial charge in [-0.2, -0.15) is 0 Å². The summed E-state index contributed by atoms with van der Waals surface area (Å²) >= 11 is 1.59. The zero-order valence-electron chi connectivity index (χ0n) is 34.0. The van der Waals surface area contributed by atoms with Crippen molar-refractivity contribution in [3.05, 3.63) is 52.9 Å². The second-order valence-electron chi connectivity index (χ2n) is 17.2. The van der Waals surface area contributed by atoms with Crippen LogP contribution in [0.3, 0.4) is 0 Å². The first-order chi connectivity index (χ1) is 26.4. The van der Waals surface area contributed by atoms with Crippen LogP contribution >= 0.6 is 11.3 Å². The Morgan fingerprint density at radius 1 is 1.09 bits per heavy atom. The lowest BCUT2D eigenvalue weighted by Crippen LogP contribution is -2.57. The molecule has 3 fully saturated rings. The number of carbonyl (C=O) groups excluding carboxylic acids is 3. The normalized spacial score (nSPS) is 23.0. The number of amides is 3. The molecule has 2 aromatic heterocycles. The third-order valence-corrected chi connectivity index (χ3v) is 12.2. The highest BCUT2D eigenvalue weighted by Gasteiger charge is 2.44. The van der Waals surface area contributed by atoms with Crippen LogP contribution in [0.15, 0.2) is 40.4 Å². The number of thiazole rings is 1. The highest BCUT2D eigenvalue weighted by molar-refractivity contribution is 7.13. The number of hydrogen-bond acceptors (Lipinski definition) is 11. The zero-order valence-corrected chi connectivity index (χ0v) is 34.8. The number of nitrogens with zero attached hydrogens (tertiary/aromatic N) is 6. The summed E-state index contributed by atoms with van der Waals surface area (Å²) in [7, 11) is 0. The maximum Gasteiger partial charge on any atom is 0.410 e. The molecular formula is C41H58FN7O6S. The number of piperazine rings is 1. The van der Waals surface area contributed by atoms with Gasteiger partial charge >= 0.3 is 6.09 Å². The Morgan fingerprint density at radius 2 is 1.79 bits per heavy atom. The van der Waals surface area contributed by atoms with Gasteiger partial charge in [0.25, 0.3) is 0 Å². The second kappa shape index (κ2) is 16.8. The minimum atomic E-state index is -1.39. The minimum absolute atomic E-state index is 0.00262. The van der Waals surface area contributed by atoms with Gasteiger partial charge in [-0.15, -0.1) is 11.3 Å². The van der Waals surface area contributed by atoms with Crippen LogP contribution in [0.25, 0.3) is 10.4 Å². The van der Waals surface area contributed by atoms with Crippen molar-refractivity contribution in [2.24, 2.45) is 5.92 Å². The standard InChI is InChI=1S/C41H58FN7O6S/c1-25(2)35(38(52)49-22-31(50)19-32(49)37(51)44-27(4)29-9-11-30(12-10-29)36-28(5)43-24-56-36)33-20-34(45-55-33)48-18-17-46(21-26(48)3)23-41(42)13-15-47(16-14-41)39(53)54-40(6,7)8/h9-12,20,24-27,31-32,35,50H,13-19,21-23H2,1-8H3,(H,44,51)/t26-,27-,31+,32-,35-/m0/s1. The Kier molecular flexibility index (Phi) is 12.5. The van der Waals surface area contributed by atoms with Crippen molar-refractivity contribution < 1.29 is 33.1 Å². The molecule has 15 heteroatoms. The van der Waals surface area contributed by atoms with Crippen molar-refractivity contribution in [2.45, 2.75) is 116 Å². The van der Waals surface area contributed by atoms with E-state index in [1.807, 2.05) is 78.2 Å². The smallest absolute Gasteiger partial charge is 0.410 e. The Morgan fingerprint density at radius 3 is 2.39 bits per heavy atom. The average Bonchev–Trinajstić information content (AvgIpc) is 3.88. The summed E-state index contributed by atoms with van der Waals surface area (Å²) in [6, 6.07) is 8.66. The van der Waals surface area contributed by atoms with Crippen LogP contribution in [0, 0.1) is 12.8 Å². The number of anilines is 1. The summed E-state index contributed by atoms with van der Waals surface area (Å²) < 4.78 is 27.4. The number of aliphatic hydroxyl groups excluding tert-OH is 1. The van der Waals surface area contributed by atoms with Gasteiger partial charge < -0.3 is 34.4 Å². The van der Waals surface area contributed by atoms with Gasteiger partial charge in [0.2, 0.25) is 11.8 Å². The number of hydrogen-bond donors (Lipinski definition) is 2. The van der Waals surface area contributed by atoms with Gasteiger partial charge in [0.05, 0.1) is 28.2 Å². The second-order valence-corrected chi connectivity index (χ2v) is 18.1. The molecule has 3 aliphatic rings. The maximum absolute atomic E-state index is 16.0. The van der Waals surface area contributed by atoms with Crippen LogP contribution in [0.1, 0.15) is 96.7 Å². The fraction of sp³-hybridized carbons (Fsp3) is 0.634. The molecule has 3 saturated heterocycles. The largest absolute Gasteiger partial charge is 0.444 e. The number of carbonyl (C=O) groups is 3. The van der Waals surface area contributed by atoms with E-state index in [4.69, 9.17) is 9.26 Å². The molecule has 2 N–H and O–H groups in total. The number of piperidine rings is 1. The molecule has 13 nitrogen and oxygen atoms in total. The van der Waals surface area contributed by atoms with Crippen molar-refractivity contribution in [3.8, 4) is 10.4 Å². The first-order valence-corrected chi connectivity index (χ1v) is 20.7. The molecule has 0 bridgehead atoms. The Balaban J connectivity index is 1.05. The van der Waals surface area contributed by atoms with Crippen molar-refractivity contribution in [1.29, 1.82) is 0 Å². The highest BCUT2D eigenvalue weighted by Crippen LogP contribution is 2.35. The van der Waals surface area contributed by atoms with Gasteiger partial charge in [-0.1, -0.05) is 43.3 Å². The third kappa shape index (κ3) is 9.54. The van der Waals surface area contributed by atoms with E-state index in [0.29, 0.717) is 44.3 Å². The lowest BCUT2D eigenvalue weighted by molar-refractivity contribution is -0.141. The van der Waals surface area contributed by atoms with Crippen molar-refractivity contribution in [3.63, 3.8) is 0 Å². The number of aryl methyl sites for hydroxylation is 1. The Hall–Kier alpha value is -4.08. The SMILES string of the molecule is Cc1ncsc1-c1ccc([C@H](C)NC(=O)[C@@H]2C[C@@H](O)CN2C(=O)[C@H](c2cc(N3CCN(CC4(F)CCN(C(=O)OC(C)(C)C)CC4)C[C@@H]3C)no2)C(C)C)cc1. The minimum Gasteiger partial charge on any atom is -0.444 e. The van der Waals surface area contributed by atoms with Crippen LogP contribution in [-0.2, 0) is 14.3 Å². The monoisotopic (exact) mass is 795 g/mol. The molecule has 3 aliphatic heterocycles.